The molecule has 5 heteroatoms. The predicted octanol–water partition coefficient (Wildman–Crippen LogP) is 3.69. The Hall–Kier alpha value is -2.82. The fourth-order valence-electron chi connectivity index (χ4n) is 2.71. The molecule has 0 amide bonds. The standard InChI is InChI=1S/C17H14FNO3/c1-19-14-8-7-12(22-2)9-13(14)15(16(19)17(20)21)10-3-5-11(18)6-4-10/h3-9H,1-2H3,(H,20,21). The lowest BCUT2D eigenvalue weighted by Gasteiger charge is -2.04. The number of nitrogens with zero attached hydrogens (tertiary/aromatic N) is 1. The zero-order valence-corrected chi connectivity index (χ0v) is 12.1. The Kier molecular flexibility index (Phi) is 3.33. The highest BCUT2D eigenvalue weighted by Gasteiger charge is 2.22. The lowest BCUT2D eigenvalue weighted by atomic mass is 10.0. The highest BCUT2D eigenvalue weighted by Crippen LogP contribution is 2.36. The van der Waals surface area contributed by atoms with Crippen LogP contribution in [0.5, 0.6) is 5.75 Å². The van der Waals surface area contributed by atoms with Crippen molar-refractivity contribution in [1.29, 1.82) is 0 Å². The van der Waals surface area contributed by atoms with Gasteiger partial charge in [-0.3, -0.25) is 0 Å². The summed E-state index contributed by atoms with van der Waals surface area (Å²) in [5, 5.41) is 10.3. The van der Waals surface area contributed by atoms with Crippen LogP contribution in [-0.4, -0.2) is 22.8 Å². The molecular formula is C17H14FNO3. The van der Waals surface area contributed by atoms with Crippen LogP contribution in [0.4, 0.5) is 4.39 Å². The van der Waals surface area contributed by atoms with Gasteiger partial charge in [0, 0.05) is 23.5 Å². The number of methoxy groups -OCH3 is 1. The maximum atomic E-state index is 13.2. The van der Waals surface area contributed by atoms with E-state index in [9.17, 15) is 14.3 Å². The van der Waals surface area contributed by atoms with Gasteiger partial charge in [0.15, 0.2) is 0 Å². The van der Waals surface area contributed by atoms with E-state index in [1.54, 1.807) is 43.0 Å². The molecule has 3 rings (SSSR count). The van der Waals surface area contributed by atoms with Crippen molar-refractivity contribution in [3.63, 3.8) is 0 Å². The van der Waals surface area contributed by atoms with Crippen molar-refractivity contribution in [1.82, 2.24) is 4.57 Å². The third kappa shape index (κ3) is 2.11. The van der Waals surface area contributed by atoms with E-state index < -0.39 is 5.97 Å². The van der Waals surface area contributed by atoms with Crippen LogP contribution in [-0.2, 0) is 7.05 Å². The molecule has 2 aromatic carbocycles. The number of fused-ring (bicyclic) bond motifs is 1. The molecule has 4 nitrogen and oxygen atoms in total. The Morgan fingerprint density at radius 2 is 1.86 bits per heavy atom. The number of benzene rings is 2. The van der Waals surface area contributed by atoms with Crippen molar-refractivity contribution in [2.45, 2.75) is 0 Å². The molecule has 0 saturated heterocycles. The molecule has 0 aliphatic rings. The Morgan fingerprint density at radius 1 is 1.18 bits per heavy atom. The first kappa shape index (κ1) is 14.1. The first-order valence-corrected chi connectivity index (χ1v) is 6.68. The van der Waals surface area contributed by atoms with Gasteiger partial charge in [-0.2, -0.15) is 0 Å². The summed E-state index contributed by atoms with van der Waals surface area (Å²) in [6, 6.07) is 11.2. The maximum Gasteiger partial charge on any atom is 0.353 e. The third-order valence-corrected chi connectivity index (χ3v) is 3.74. The Labute approximate surface area is 126 Å². The molecule has 1 heterocycles. The lowest BCUT2D eigenvalue weighted by Crippen LogP contribution is -2.05. The van der Waals surface area contributed by atoms with E-state index in [2.05, 4.69) is 0 Å². The van der Waals surface area contributed by atoms with Crippen LogP contribution in [0, 0.1) is 5.82 Å². The van der Waals surface area contributed by atoms with Crippen LogP contribution >= 0.6 is 0 Å². The number of aryl methyl sites for hydroxylation is 1. The van der Waals surface area contributed by atoms with Crippen molar-refractivity contribution in [2.24, 2.45) is 7.05 Å². The van der Waals surface area contributed by atoms with Gasteiger partial charge in [-0.15, -0.1) is 0 Å². The monoisotopic (exact) mass is 299 g/mol. The number of carboxylic acid groups (broad SMARTS) is 1. The van der Waals surface area contributed by atoms with Gasteiger partial charge >= 0.3 is 5.97 Å². The number of aromatic nitrogens is 1. The molecule has 1 N–H and O–H groups in total. The number of halogens is 1. The summed E-state index contributed by atoms with van der Waals surface area (Å²) in [5.41, 5.74) is 2.15. The van der Waals surface area contributed by atoms with Gasteiger partial charge < -0.3 is 14.4 Å². The molecule has 22 heavy (non-hydrogen) atoms. The smallest absolute Gasteiger partial charge is 0.353 e. The minimum Gasteiger partial charge on any atom is -0.497 e. The molecule has 0 radical (unpaired) electrons. The molecule has 0 spiro atoms. The summed E-state index contributed by atoms with van der Waals surface area (Å²) in [4.78, 5) is 11.7. The van der Waals surface area contributed by atoms with E-state index in [0.29, 0.717) is 16.9 Å². The van der Waals surface area contributed by atoms with Gasteiger partial charge in [-0.1, -0.05) is 12.1 Å². The molecule has 0 saturated carbocycles. The zero-order valence-electron chi connectivity index (χ0n) is 12.1. The van der Waals surface area contributed by atoms with E-state index in [1.807, 2.05) is 6.07 Å². The van der Waals surface area contributed by atoms with Crippen LogP contribution < -0.4 is 4.74 Å². The highest BCUT2D eigenvalue weighted by atomic mass is 19.1. The van der Waals surface area contributed by atoms with Crippen LogP contribution in [0.2, 0.25) is 0 Å². The largest absolute Gasteiger partial charge is 0.497 e. The van der Waals surface area contributed by atoms with E-state index in [-0.39, 0.29) is 11.5 Å². The van der Waals surface area contributed by atoms with Crippen LogP contribution in [0.25, 0.3) is 22.0 Å². The number of aromatic carboxylic acids is 1. The minimum atomic E-state index is -1.03. The number of carbonyl (C=O) groups is 1. The van der Waals surface area contributed by atoms with Gasteiger partial charge in [0.25, 0.3) is 0 Å². The summed E-state index contributed by atoms with van der Waals surface area (Å²) in [7, 11) is 3.26. The average molecular weight is 299 g/mol. The third-order valence-electron chi connectivity index (χ3n) is 3.74. The number of ether oxygens (including phenoxy) is 1. The summed E-state index contributed by atoms with van der Waals surface area (Å²) in [6.45, 7) is 0. The molecule has 0 aliphatic carbocycles. The molecule has 0 fully saturated rings. The van der Waals surface area contributed by atoms with E-state index in [4.69, 9.17) is 4.74 Å². The molecule has 0 aliphatic heterocycles. The zero-order chi connectivity index (χ0) is 15.9. The summed E-state index contributed by atoms with van der Waals surface area (Å²) >= 11 is 0. The minimum absolute atomic E-state index is 0.162. The van der Waals surface area contributed by atoms with Crippen molar-refractivity contribution in [3.05, 3.63) is 54.0 Å². The molecule has 1 aromatic heterocycles. The second kappa shape index (κ2) is 5.18. The maximum absolute atomic E-state index is 13.2. The van der Waals surface area contributed by atoms with E-state index in [0.717, 1.165) is 10.9 Å². The topological polar surface area (TPSA) is 51.5 Å². The van der Waals surface area contributed by atoms with Crippen molar-refractivity contribution < 1.29 is 19.0 Å². The fraction of sp³-hybridized carbons (Fsp3) is 0.118. The summed E-state index contributed by atoms with van der Waals surface area (Å²) in [5.74, 6) is -0.756. The first-order chi connectivity index (χ1) is 10.5. The van der Waals surface area contributed by atoms with E-state index in [1.165, 1.54) is 12.1 Å². The normalized spacial score (nSPS) is 10.9. The van der Waals surface area contributed by atoms with Crippen molar-refractivity contribution >= 4 is 16.9 Å². The highest BCUT2D eigenvalue weighted by molar-refractivity contribution is 6.08. The Bertz CT molecular complexity index is 866. The van der Waals surface area contributed by atoms with Crippen LogP contribution in [0.15, 0.2) is 42.5 Å². The fourth-order valence-corrected chi connectivity index (χ4v) is 2.71. The van der Waals surface area contributed by atoms with Gasteiger partial charge in [0.05, 0.1) is 7.11 Å². The van der Waals surface area contributed by atoms with Crippen LogP contribution in [0.1, 0.15) is 10.5 Å². The predicted molar refractivity (Wildman–Crippen MR) is 81.8 cm³/mol. The first-order valence-electron chi connectivity index (χ1n) is 6.68. The van der Waals surface area contributed by atoms with Gasteiger partial charge in [0.1, 0.15) is 17.3 Å². The summed E-state index contributed by atoms with van der Waals surface area (Å²) < 4.78 is 20.0. The molecule has 0 bridgehead atoms. The molecule has 112 valence electrons. The van der Waals surface area contributed by atoms with Crippen LogP contribution in [0.3, 0.4) is 0 Å². The van der Waals surface area contributed by atoms with E-state index >= 15 is 0 Å². The molecule has 0 unspecified atom stereocenters. The Morgan fingerprint density at radius 3 is 2.45 bits per heavy atom. The number of hydrogen-bond acceptors (Lipinski definition) is 2. The van der Waals surface area contributed by atoms with Gasteiger partial charge in [0.2, 0.25) is 0 Å². The van der Waals surface area contributed by atoms with Crippen molar-refractivity contribution in [2.75, 3.05) is 7.11 Å². The van der Waals surface area contributed by atoms with Gasteiger partial charge in [-0.05, 0) is 35.9 Å². The molecule has 0 atom stereocenters. The van der Waals surface area contributed by atoms with Gasteiger partial charge in [-0.25, -0.2) is 9.18 Å². The molecular weight excluding hydrogens is 285 g/mol. The second-order valence-corrected chi connectivity index (χ2v) is 4.98. The SMILES string of the molecule is COc1ccc2c(c1)c(-c1ccc(F)cc1)c(C(=O)O)n2C. The summed E-state index contributed by atoms with van der Waals surface area (Å²) in [6.07, 6.45) is 0. The molecule has 3 aromatic rings. The average Bonchev–Trinajstić information content (AvgIpc) is 2.80. The van der Waals surface area contributed by atoms with Crippen molar-refractivity contribution in [3.8, 4) is 16.9 Å². The quantitative estimate of drug-likeness (QED) is 0.802. The lowest BCUT2D eigenvalue weighted by molar-refractivity contribution is 0.0688. The number of hydrogen-bond donors (Lipinski definition) is 1. The number of carboxylic acids is 1. The number of rotatable bonds is 3. The second-order valence-electron chi connectivity index (χ2n) is 4.98. The Balaban J connectivity index is 2.41.